The van der Waals surface area contributed by atoms with Gasteiger partial charge in [0, 0.05) is 16.7 Å². The SMILES string of the molecule is CCN(CC)CC=C(c1ccccc1)c1ccc(SC2CCCCC2)cc1. The first-order chi connectivity index (χ1) is 13.3. The van der Waals surface area contributed by atoms with E-state index in [4.69, 9.17) is 0 Å². The van der Waals surface area contributed by atoms with Crippen molar-refractivity contribution in [3.63, 3.8) is 0 Å². The largest absolute Gasteiger partial charge is 0.300 e. The van der Waals surface area contributed by atoms with Crippen molar-refractivity contribution in [2.24, 2.45) is 0 Å². The average Bonchev–Trinajstić information content (AvgIpc) is 2.74. The first-order valence-corrected chi connectivity index (χ1v) is 11.4. The summed E-state index contributed by atoms with van der Waals surface area (Å²) in [5, 5.41) is 0.816. The lowest BCUT2D eigenvalue weighted by molar-refractivity contribution is 0.337. The van der Waals surface area contributed by atoms with Gasteiger partial charge in [0.25, 0.3) is 0 Å². The van der Waals surface area contributed by atoms with E-state index >= 15 is 0 Å². The summed E-state index contributed by atoms with van der Waals surface area (Å²) < 4.78 is 0. The standard InChI is InChI=1S/C25H33NS/c1-3-26(4-2)20-19-25(21-11-7-5-8-12-21)22-15-17-24(18-16-22)27-23-13-9-6-10-14-23/h5,7-8,11-12,15-19,23H,3-4,6,9-10,13-14,20H2,1-2H3. The van der Waals surface area contributed by atoms with Crippen molar-refractivity contribution in [3.05, 3.63) is 71.8 Å². The van der Waals surface area contributed by atoms with Crippen molar-refractivity contribution < 1.29 is 0 Å². The molecule has 0 amide bonds. The molecule has 1 nitrogen and oxygen atoms in total. The maximum Gasteiger partial charge on any atom is 0.0172 e. The van der Waals surface area contributed by atoms with E-state index in [0.717, 1.165) is 24.9 Å². The molecular weight excluding hydrogens is 346 g/mol. The van der Waals surface area contributed by atoms with Gasteiger partial charge >= 0.3 is 0 Å². The van der Waals surface area contributed by atoms with E-state index in [0.29, 0.717) is 0 Å². The van der Waals surface area contributed by atoms with Gasteiger partial charge in [-0.3, -0.25) is 0 Å². The van der Waals surface area contributed by atoms with Crippen LogP contribution in [-0.4, -0.2) is 29.8 Å². The monoisotopic (exact) mass is 379 g/mol. The van der Waals surface area contributed by atoms with Crippen LogP contribution < -0.4 is 0 Å². The summed E-state index contributed by atoms with van der Waals surface area (Å²) in [6.45, 7) is 7.64. The van der Waals surface area contributed by atoms with Gasteiger partial charge in [-0.2, -0.15) is 0 Å². The Labute approximate surface area is 169 Å². The molecule has 3 rings (SSSR count). The fourth-order valence-corrected chi connectivity index (χ4v) is 5.06. The van der Waals surface area contributed by atoms with Gasteiger partial charge in [-0.25, -0.2) is 0 Å². The molecule has 1 saturated carbocycles. The zero-order valence-corrected chi connectivity index (χ0v) is 17.7. The maximum absolute atomic E-state index is 2.45. The fourth-order valence-electron chi connectivity index (χ4n) is 3.81. The van der Waals surface area contributed by atoms with Crippen LogP contribution in [0.1, 0.15) is 57.1 Å². The van der Waals surface area contributed by atoms with Crippen molar-refractivity contribution in [1.29, 1.82) is 0 Å². The smallest absolute Gasteiger partial charge is 0.0172 e. The van der Waals surface area contributed by atoms with Crippen LogP contribution in [0.2, 0.25) is 0 Å². The van der Waals surface area contributed by atoms with Crippen molar-refractivity contribution >= 4 is 17.3 Å². The molecule has 0 radical (unpaired) electrons. The molecule has 0 atom stereocenters. The van der Waals surface area contributed by atoms with Crippen molar-refractivity contribution in [1.82, 2.24) is 4.90 Å². The van der Waals surface area contributed by atoms with Crippen LogP contribution in [0.25, 0.3) is 5.57 Å². The predicted molar refractivity (Wildman–Crippen MR) is 120 cm³/mol. The molecule has 0 aromatic heterocycles. The Morgan fingerprint density at radius 2 is 1.52 bits per heavy atom. The van der Waals surface area contributed by atoms with Crippen LogP contribution in [0.15, 0.2) is 65.6 Å². The molecule has 2 aromatic carbocycles. The highest BCUT2D eigenvalue weighted by molar-refractivity contribution is 8.00. The van der Waals surface area contributed by atoms with Crippen LogP contribution in [0, 0.1) is 0 Å². The second-order valence-electron chi connectivity index (χ2n) is 7.37. The molecule has 1 aliphatic rings. The molecule has 0 spiro atoms. The highest BCUT2D eigenvalue weighted by atomic mass is 32.2. The number of hydrogen-bond acceptors (Lipinski definition) is 2. The summed E-state index contributed by atoms with van der Waals surface area (Å²) in [6.07, 6.45) is 9.39. The number of likely N-dealkylation sites (N-methyl/N-ethyl adjacent to an activating group) is 1. The summed E-state index contributed by atoms with van der Waals surface area (Å²) in [7, 11) is 0. The lowest BCUT2D eigenvalue weighted by Crippen LogP contribution is -2.22. The van der Waals surface area contributed by atoms with Gasteiger partial charge in [0.1, 0.15) is 0 Å². The van der Waals surface area contributed by atoms with E-state index < -0.39 is 0 Å². The molecule has 0 saturated heterocycles. The van der Waals surface area contributed by atoms with Gasteiger partial charge in [-0.15, -0.1) is 11.8 Å². The van der Waals surface area contributed by atoms with Crippen LogP contribution in [0.3, 0.4) is 0 Å². The highest BCUT2D eigenvalue weighted by Gasteiger charge is 2.14. The summed E-state index contributed by atoms with van der Waals surface area (Å²) in [6, 6.07) is 20.1. The molecule has 2 aromatic rings. The van der Waals surface area contributed by atoms with Gasteiger partial charge in [-0.1, -0.05) is 81.7 Å². The minimum Gasteiger partial charge on any atom is -0.300 e. The summed E-state index contributed by atoms with van der Waals surface area (Å²) >= 11 is 2.08. The Morgan fingerprint density at radius 3 is 2.15 bits per heavy atom. The number of nitrogens with zero attached hydrogens (tertiary/aromatic N) is 1. The van der Waals surface area contributed by atoms with E-state index in [1.165, 1.54) is 53.7 Å². The lowest BCUT2D eigenvalue weighted by atomic mass is 9.97. The third kappa shape index (κ3) is 5.99. The van der Waals surface area contributed by atoms with Gasteiger partial charge in [0.05, 0.1) is 0 Å². The molecule has 0 bridgehead atoms. The Kier molecular flexibility index (Phi) is 8.04. The van der Waals surface area contributed by atoms with E-state index in [9.17, 15) is 0 Å². The third-order valence-corrected chi connectivity index (χ3v) is 6.90. The van der Waals surface area contributed by atoms with Crippen molar-refractivity contribution in [2.75, 3.05) is 19.6 Å². The third-order valence-electron chi connectivity index (χ3n) is 5.55. The molecule has 144 valence electrons. The van der Waals surface area contributed by atoms with Gasteiger partial charge in [-0.05, 0) is 54.8 Å². The quantitative estimate of drug-likeness (QED) is 0.491. The predicted octanol–water partition coefficient (Wildman–Crippen LogP) is 6.88. The van der Waals surface area contributed by atoms with E-state index in [1.807, 2.05) is 0 Å². The molecule has 1 aliphatic carbocycles. The minimum atomic E-state index is 0.816. The highest BCUT2D eigenvalue weighted by Crippen LogP contribution is 2.34. The van der Waals surface area contributed by atoms with Crippen LogP contribution in [0.4, 0.5) is 0 Å². The Morgan fingerprint density at radius 1 is 0.889 bits per heavy atom. The first kappa shape index (κ1) is 20.2. The fraction of sp³-hybridized carbons (Fsp3) is 0.440. The van der Waals surface area contributed by atoms with Crippen LogP contribution in [-0.2, 0) is 0 Å². The van der Waals surface area contributed by atoms with E-state index in [1.54, 1.807) is 0 Å². The summed E-state index contributed by atoms with van der Waals surface area (Å²) in [5.41, 5.74) is 3.97. The molecule has 2 heteroatoms. The first-order valence-electron chi connectivity index (χ1n) is 10.5. The minimum absolute atomic E-state index is 0.816. The molecule has 0 unspecified atom stereocenters. The van der Waals surface area contributed by atoms with Gasteiger partial charge < -0.3 is 4.90 Å². The number of benzene rings is 2. The van der Waals surface area contributed by atoms with Crippen molar-refractivity contribution in [3.8, 4) is 0 Å². The summed E-state index contributed by atoms with van der Waals surface area (Å²) in [4.78, 5) is 3.87. The zero-order chi connectivity index (χ0) is 18.9. The second kappa shape index (κ2) is 10.7. The second-order valence-corrected chi connectivity index (χ2v) is 8.75. The molecule has 0 heterocycles. The molecular formula is C25H33NS. The Balaban J connectivity index is 1.78. The number of hydrogen-bond donors (Lipinski definition) is 0. The van der Waals surface area contributed by atoms with Crippen LogP contribution in [0.5, 0.6) is 0 Å². The van der Waals surface area contributed by atoms with E-state index in [-0.39, 0.29) is 0 Å². The zero-order valence-electron chi connectivity index (χ0n) is 16.9. The number of thioether (sulfide) groups is 1. The molecule has 0 N–H and O–H groups in total. The van der Waals surface area contributed by atoms with E-state index in [2.05, 4.69) is 91.2 Å². The average molecular weight is 380 g/mol. The Bertz CT molecular complexity index is 695. The Hall–Kier alpha value is -1.51. The number of rotatable bonds is 8. The van der Waals surface area contributed by atoms with Crippen LogP contribution >= 0.6 is 11.8 Å². The lowest BCUT2D eigenvalue weighted by Gasteiger charge is -2.21. The topological polar surface area (TPSA) is 3.24 Å². The molecule has 0 aliphatic heterocycles. The van der Waals surface area contributed by atoms with Gasteiger partial charge in [0.2, 0.25) is 0 Å². The van der Waals surface area contributed by atoms with Gasteiger partial charge in [0.15, 0.2) is 0 Å². The molecule has 27 heavy (non-hydrogen) atoms. The molecule has 1 fully saturated rings. The normalized spacial score (nSPS) is 16.0. The summed E-state index contributed by atoms with van der Waals surface area (Å²) in [5.74, 6) is 0. The maximum atomic E-state index is 2.45. The van der Waals surface area contributed by atoms with Crippen molar-refractivity contribution in [2.45, 2.75) is 56.1 Å².